The average Bonchev–Trinajstić information content (AvgIpc) is 3.31. The maximum absolute atomic E-state index is 13.6. The van der Waals surface area contributed by atoms with Gasteiger partial charge in [0.05, 0.1) is 6.04 Å². The number of benzene rings is 2. The topological polar surface area (TPSA) is 78.5 Å². The van der Waals surface area contributed by atoms with E-state index >= 15 is 0 Å². The number of carbonyl (C=O) groups is 3. The van der Waals surface area contributed by atoms with Crippen LogP contribution < -0.4 is 10.6 Å². The highest BCUT2D eigenvalue weighted by molar-refractivity contribution is 7.08. The van der Waals surface area contributed by atoms with Crippen molar-refractivity contribution in [2.75, 3.05) is 6.54 Å². The second kappa shape index (κ2) is 8.69. The lowest BCUT2D eigenvalue weighted by Crippen LogP contribution is -2.42. The summed E-state index contributed by atoms with van der Waals surface area (Å²) in [6.07, 6.45) is 0.300. The van der Waals surface area contributed by atoms with Gasteiger partial charge < -0.3 is 10.2 Å². The van der Waals surface area contributed by atoms with E-state index in [1.54, 1.807) is 22.3 Å². The molecule has 0 fully saturated rings. The molecule has 4 amide bonds. The Bertz CT molecular complexity index is 1140. The Balaban J connectivity index is 1.58. The first-order valence-corrected chi connectivity index (χ1v) is 10.6. The van der Waals surface area contributed by atoms with Gasteiger partial charge >= 0.3 is 6.03 Å². The summed E-state index contributed by atoms with van der Waals surface area (Å²) in [7, 11) is 0. The van der Waals surface area contributed by atoms with Crippen LogP contribution in [-0.2, 0) is 11.3 Å². The number of amides is 4. The summed E-state index contributed by atoms with van der Waals surface area (Å²) < 4.78 is 13.6. The second-order valence-corrected chi connectivity index (χ2v) is 8.11. The molecule has 0 bridgehead atoms. The molecule has 2 heterocycles. The Hall–Kier alpha value is -3.52. The average molecular weight is 437 g/mol. The molecule has 158 valence electrons. The van der Waals surface area contributed by atoms with Gasteiger partial charge in [0.25, 0.3) is 5.91 Å². The molecule has 0 unspecified atom stereocenters. The van der Waals surface area contributed by atoms with Crippen molar-refractivity contribution in [3.63, 3.8) is 0 Å². The number of nitrogens with zero attached hydrogens (tertiary/aromatic N) is 1. The summed E-state index contributed by atoms with van der Waals surface area (Å²) in [6, 6.07) is 10.7. The van der Waals surface area contributed by atoms with Crippen molar-refractivity contribution >= 4 is 29.7 Å². The minimum Gasteiger partial charge on any atom is -0.332 e. The fourth-order valence-electron chi connectivity index (χ4n) is 3.74. The predicted octanol–water partition coefficient (Wildman–Crippen LogP) is 4.02. The van der Waals surface area contributed by atoms with Crippen LogP contribution in [0.4, 0.5) is 9.18 Å². The predicted molar refractivity (Wildman–Crippen MR) is 116 cm³/mol. The van der Waals surface area contributed by atoms with Crippen LogP contribution in [0.1, 0.15) is 33.1 Å². The van der Waals surface area contributed by atoms with Gasteiger partial charge in [-0.25, -0.2) is 9.18 Å². The first-order chi connectivity index (χ1) is 15.0. The van der Waals surface area contributed by atoms with Crippen molar-refractivity contribution in [1.82, 2.24) is 15.5 Å². The van der Waals surface area contributed by atoms with Gasteiger partial charge in [-0.3, -0.25) is 14.9 Å². The molecule has 1 aliphatic rings. The van der Waals surface area contributed by atoms with E-state index in [4.69, 9.17) is 0 Å². The Morgan fingerprint density at radius 1 is 1.19 bits per heavy atom. The molecule has 1 atom stereocenters. The van der Waals surface area contributed by atoms with Gasteiger partial charge in [0.15, 0.2) is 0 Å². The third-order valence-corrected chi connectivity index (χ3v) is 6.19. The highest BCUT2D eigenvalue weighted by Gasteiger charge is 2.30. The fourth-order valence-corrected chi connectivity index (χ4v) is 4.60. The Morgan fingerprint density at radius 3 is 2.65 bits per heavy atom. The van der Waals surface area contributed by atoms with Crippen LogP contribution in [0.5, 0.6) is 0 Å². The minimum absolute atomic E-state index is 0.179. The highest BCUT2D eigenvalue weighted by atomic mass is 32.1. The number of halogens is 1. The molecule has 31 heavy (non-hydrogen) atoms. The summed E-state index contributed by atoms with van der Waals surface area (Å²) in [5, 5.41) is 8.96. The molecule has 8 heteroatoms. The van der Waals surface area contributed by atoms with Crippen molar-refractivity contribution in [3.05, 3.63) is 81.3 Å². The van der Waals surface area contributed by atoms with Crippen LogP contribution in [0.3, 0.4) is 0 Å². The number of nitrogens with one attached hydrogen (secondary N) is 2. The second-order valence-electron chi connectivity index (χ2n) is 7.37. The van der Waals surface area contributed by atoms with Crippen LogP contribution in [0.25, 0.3) is 11.1 Å². The van der Waals surface area contributed by atoms with Crippen LogP contribution in [0.2, 0.25) is 0 Å². The molecule has 0 radical (unpaired) electrons. The van der Waals surface area contributed by atoms with Crippen molar-refractivity contribution < 1.29 is 18.8 Å². The van der Waals surface area contributed by atoms with Crippen molar-refractivity contribution in [1.29, 1.82) is 0 Å². The lowest BCUT2D eigenvalue weighted by molar-refractivity contribution is -0.108. The first-order valence-electron chi connectivity index (χ1n) is 9.67. The number of rotatable bonds is 6. The Labute approximate surface area is 182 Å². The molecular weight excluding hydrogens is 417 g/mol. The van der Waals surface area contributed by atoms with E-state index in [-0.39, 0.29) is 12.5 Å². The van der Waals surface area contributed by atoms with E-state index in [1.165, 1.54) is 17.7 Å². The zero-order valence-electron chi connectivity index (χ0n) is 16.7. The monoisotopic (exact) mass is 437 g/mol. The summed E-state index contributed by atoms with van der Waals surface area (Å²) in [6.45, 7) is 2.56. The molecule has 1 aromatic heterocycles. The SMILES string of the molecule is Cc1cscc1-c1ccc([C@H](CN2Cc3ccc(F)cc3C2=O)NC(=O)NC=O)cc1. The quantitative estimate of drug-likeness (QED) is 0.572. The Morgan fingerprint density at radius 2 is 1.97 bits per heavy atom. The van der Waals surface area contributed by atoms with Crippen molar-refractivity contribution in [2.45, 2.75) is 19.5 Å². The van der Waals surface area contributed by atoms with E-state index in [0.29, 0.717) is 18.5 Å². The summed E-state index contributed by atoms with van der Waals surface area (Å²) in [4.78, 5) is 37.0. The lowest BCUT2D eigenvalue weighted by Gasteiger charge is -2.25. The molecule has 0 spiro atoms. The molecule has 0 aliphatic carbocycles. The third kappa shape index (κ3) is 4.34. The van der Waals surface area contributed by atoms with Gasteiger partial charge in [0.2, 0.25) is 6.41 Å². The summed E-state index contributed by atoms with van der Waals surface area (Å²) >= 11 is 1.63. The van der Waals surface area contributed by atoms with Gasteiger partial charge in [0, 0.05) is 18.7 Å². The number of thiophene rings is 1. The summed E-state index contributed by atoms with van der Waals surface area (Å²) in [5.74, 6) is -0.754. The van der Waals surface area contributed by atoms with Gasteiger partial charge in [-0.05, 0) is 57.6 Å². The molecule has 6 nitrogen and oxygen atoms in total. The van der Waals surface area contributed by atoms with Crippen LogP contribution in [-0.4, -0.2) is 29.8 Å². The maximum Gasteiger partial charge on any atom is 0.321 e. The van der Waals surface area contributed by atoms with Gasteiger partial charge in [-0.15, -0.1) is 0 Å². The van der Waals surface area contributed by atoms with Crippen molar-refractivity contribution in [2.24, 2.45) is 0 Å². The largest absolute Gasteiger partial charge is 0.332 e. The molecule has 1 aliphatic heterocycles. The van der Waals surface area contributed by atoms with E-state index in [9.17, 15) is 18.8 Å². The van der Waals surface area contributed by atoms with Gasteiger partial charge in [-0.1, -0.05) is 30.3 Å². The molecule has 2 aromatic carbocycles. The highest BCUT2D eigenvalue weighted by Crippen LogP contribution is 2.29. The zero-order valence-corrected chi connectivity index (χ0v) is 17.5. The molecule has 0 saturated heterocycles. The van der Waals surface area contributed by atoms with Crippen LogP contribution >= 0.6 is 11.3 Å². The van der Waals surface area contributed by atoms with Crippen molar-refractivity contribution in [3.8, 4) is 11.1 Å². The van der Waals surface area contributed by atoms with Crippen LogP contribution in [0, 0.1) is 12.7 Å². The van der Waals surface area contributed by atoms with E-state index in [2.05, 4.69) is 21.4 Å². The van der Waals surface area contributed by atoms with Crippen LogP contribution in [0.15, 0.2) is 53.2 Å². The molecule has 3 aromatic rings. The molecule has 2 N–H and O–H groups in total. The van der Waals surface area contributed by atoms with Gasteiger partial charge in [0.1, 0.15) is 5.82 Å². The number of urea groups is 1. The number of fused-ring (bicyclic) bond motifs is 1. The molecule has 4 rings (SSSR count). The zero-order chi connectivity index (χ0) is 22.0. The lowest BCUT2D eigenvalue weighted by atomic mass is 10.00. The number of imide groups is 1. The van der Waals surface area contributed by atoms with E-state index in [1.807, 2.05) is 31.2 Å². The van der Waals surface area contributed by atoms with E-state index in [0.717, 1.165) is 22.3 Å². The minimum atomic E-state index is -0.659. The normalized spacial score (nSPS) is 13.6. The summed E-state index contributed by atoms with van der Waals surface area (Å²) in [5.41, 5.74) is 5.24. The molecule has 0 saturated carbocycles. The van der Waals surface area contributed by atoms with E-state index < -0.39 is 17.9 Å². The number of aryl methyl sites for hydroxylation is 1. The first kappa shape index (κ1) is 20.7. The number of hydrogen-bond donors (Lipinski definition) is 2. The Kier molecular flexibility index (Phi) is 5.81. The maximum atomic E-state index is 13.6. The third-order valence-electron chi connectivity index (χ3n) is 5.33. The van der Waals surface area contributed by atoms with Gasteiger partial charge in [-0.2, -0.15) is 11.3 Å². The number of hydrogen-bond acceptors (Lipinski definition) is 4. The fraction of sp³-hybridized carbons (Fsp3) is 0.174. The smallest absolute Gasteiger partial charge is 0.321 e. The number of carbonyl (C=O) groups excluding carboxylic acids is 3. The molecular formula is C23H20FN3O3S. The standard InChI is InChI=1S/C23H20FN3O3S/c1-14-11-31-12-20(14)15-2-4-16(5-3-15)21(26-23(30)25-13-28)10-27-9-17-6-7-18(24)8-19(17)22(27)29/h2-8,11-13,21H,9-10H2,1H3,(H2,25,26,28,30)/t21-/m0/s1.